The van der Waals surface area contributed by atoms with Crippen molar-refractivity contribution in [2.75, 3.05) is 10.0 Å². The van der Waals surface area contributed by atoms with Gasteiger partial charge in [0.25, 0.3) is 15.9 Å². The van der Waals surface area contributed by atoms with Crippen molar-refractivity contribution in [1.82, 2.24) is 4.98 Å². The zero-order chi connectivity index (χ0) is 21.7. The summed E-state index contributed by atoms with van der Waals surface area (Å²) in [5.74, 6) is 1.01. The zero-order valence-corrected chi connectivity index (χ0v) is 17.7. The van der Waals surface area contributed by atoms with Crippen LogP contribution in [0.4, 0.5) is 10.8 Å². The fourth-order valence-electron chi connectivity index (χ4n) is 2.67. The van der Waals surface area contributed by atoms with Crippen molar-refractivity contribution in [3.63, 3.8) is 0 Å². The van der Waals surface area contributed by atoms with E-state index in [1.54, 1.807) is 29.6 Å². The Morgan fingerprint density at radius 1 is 0.871 bits per heavy atom. The van der Waals surface area contributed by atoms with E-state index in [9.17, 15) is 13.2 Å². The van der Waals surface area contributed by atoms with Gasteiger partial charge in [0.05, 0.1) is 4.90 Å². The molecule has 0 radical (unpaired) electrons. The fraction of sp³-hybridized carbons (Fsp3) is 0. The van der Waals surface area contributed by atoms with E-state index in [0.717, 1.165) is 0 Å². The van der Waals surface area contributed by atoms with Crippen LogP contribution in [-0.2, 0) is 10.0 Å². The maximum atomic E-state index is 12.5. The molecule has 1 amide bonds. The molecule has 2 N–H and O–H groups in total. The van der Waals surface area contributed by atoms with Crippen LogP contribution in [0, 0.1) is 0 Å². The Balaban J connectivity index is 1.39. The van der Waals surface area contributed by atoms with Crippen LogP contribution in [0.25, 0.3) is 0 Å². The molecule has 3 aromatic carbocycles. The molecule has 0 saturated carbocycles. The SMILES string of the molecule is O=C(Nc1ccc(S(=O)(=O)Nc2nccs2)cc1)c1ccc(Oc2ccccc2)cc1. The average molecular weight is 452 g/mol. The number of rotatable bonds is 7. The molecule has 0 atom stereocenters. The number of carbonyl (C=O) groups is 1. The standard InChI is InChI=1S/C22H17N3O4S2/c26-21(16-6-10-19(11-7-16)29-18-4-2-1-3-5-18)24-17-8-12-20(13-9-17)31(27,28)25-22-23-14-15-30-22/h1-15H,(H,23,25)(H,24,26). The lowest BCUT2D eigenvalue weighted by atomic mass is 10.2. The molecule has 4 rings (SSSR count). The quantitative estimate of drug-likeness (QED) is 0.413. The monoisotopic (exact) mass is 451 g/mol. The number of hydrogen-bond donors (Lipinski definition) is 2. The number of aromatic nitrogens is 1. The van der Waals surface area contributed by atoms with Gasteiger partial charge in [0.2, 0.25) is 0 Å². The van der Waals surface area contributed by atoms with E-state index in [-0.39, 0.29) is 15.9 Å². The molecule has 0 bridgehead atoms. The van der Waals surface area contributed by atoms with Gasteiger partial charge in [0.15, 0.2) is 5.13 Å². The van der Waals surface area contributed by atoms with Gasteiger partial charge in [0, 0.05) is 22.8 Å². The molecule has 31 heavy (non-hydrogen) atoms. The van der Waals surface area contributed by atoms with Crippen LogP contribution in [0.2, 0.25) is 0 Å². The summed E-state index contributed by atoms with van der Waals surface area (Å²) in [4.78, 5) is 16.5. The molecule has 0 aliphatic carbocycles. The van der Waals surface area contributed by atoms with E-state index in [4.69, 9.17) is 4.74 Å². The summed E-state index contributed by atoms with van der Waals surface area (Å²) in [6, 6.07) is 22.0. The third-order valence-electron chi connectivity index (χ3n) is 4.17. The summed E-state index contributed by atoms with van der Waals surface area (Å²) >= 11 is 1.19. The van der Waals surface area contributed by atoms with Crippen LogP contribution in [0.1, 0.15) is 10.4 Å². The van der Waals surface area contributed by atoms with E-state index in [0.29, 0.717) is 22.7 Å². The first-order valence-electron chi connectivity index (χ1n) is 9.16. The Labute approximate surface area is 183 Å². The molecule has 0 fully saturated rings. The van der Waals surface area contributed by atoms with Gasteiger partial charge in [-0.2, -0.15) is 0 Å². The Morgan fingerprint density at radius 3 is 2.19 bits per heavy atom. The lowest BCUT2D eigenvalue weighted by Gasteiger charge is -2.09. The number of para-hydroxylation sites is 1. The molecule has 0 unspecified atom stereocenters. The number of nitrogens with one attached hydrogen (secondary N) is 2. The van der Waals surface area contributed by atoms with Gasteiger partial charge in [-0.15, -0.1) is 11.3 Å². The number of amides is 1. The summed E-state index contributed by atoms with van der Waals surface area (Å²) in [6.45, 7) is 0. The summed E-state index contributed by atoms with van der Waals surface area (Å²) in [5.41, 5.74) is 0.922. The van der Waals surface area contributed by atoms with Crippen LogP contribution >= 0.6 is 11.3 Å². The highest BCUT2D eigenvalue weighted by molar-refractivity contribution is 7.93. The summed E-state index contributed by atoms with van der Waals surface area (Å²) in [6.07, 6.45) is 1.52. The minimum Gasteiger partial charge on any atom is -0.457 e. The van der Waals surface area contributed by atoms with Crippen LogP contribution in [0.15, 0.2) is 95.3 Å². The second-order valence-electron chi connectivity index (χ2n) is 6.36. The Bertz CT molecular complexity index is 1260. The first kappa shape index (κ1) is 20.6. The van der Waals surface area contributed by atoms with Gasteiger partial charge >= 0.3 is 0 Å². The summed E-state index contributed by atoms with van der Waals surface area (Å²) < 4.78 is 32.9. The van der Waals surface area contributed by atoms with Gasteiger partial charge in [-0.05, 0) is 60.7 Å². The van der Waals surface area contributed by atoms with E-state index in [1.807, 2.05) is 30.3 Å². The highest BCUT2D eigenvalue weighted by atomic mass is 32.2. The number of benzene rings is 3. The maximum absolute atomic E-state index is 12.5. The van der Waals surface area contributed by atoms with Crippen molar-refractivity contribution in [2.45, 2.75) is 4.90 Å². The molecule has 0 aliphatic heterocycles. The van der Waals surface area contributed by atoms with Crippen molar-refractivity contribution in [1.29, 1.82) is 0 Å². The third-order valence-corrected chi connectivity index (χ3v) is 6.34. The summed E-state index contributed by atoms with van der Waals surface area (Å²) in [7, 11) is -3.74. The molecule has 156 valence electrons. The number of anilines is 2. The second kappa shape index (κ2) is 8.99. The summed E-state index contributed by atoms with van der Waals surface area (Å²) in [5, 5.41) is 4.71. The Morgan fingerprint density at radius 2 is 1.55 bits per heavy atom. The molecule has 4 aromatic rings. The van der Waals surface area contributed by atoms with Crippen molar-refractivity contribution < 1.29 is 17.9 Å². The van der Waals surface area contributed by atoms with Gasteiger partial charge in [-0.3, -0.25) is 9.52 Å². The molecule has 7 nitrogen and oxygen atoms in total. The number of ether oxygens (including phenoxy) is 1. The fourth-order valence-corrected chi connectivity index (χ4v) is 4.46. The van der Waals surface area contributed by atoms with Gasteiger partial charge in [-0.25, -0.2) is 13.4 Å². The van der Waals surface area contributed by atoms with Crippen LogP contribution in [-0.4, -0.2) is 19.3 Å². The lowest BCUT2D eigenvalue weighted by molar-refractivity contribution is 0.102. The number of hydrogen-bond acceptors (Lipinski definition) is 6. The number of nitrogens with zero attached hydrogens (tertiary/aromatic N) is 1. The maximum Gasteiger partial charge on any atom is 0.263 e. The van der Waals surface area contributed by atoms with Crippen LogP contribution < -0.4 is 14.8 Å². The van der Waals surface area contributed by atoms with E-state index >= 15 is 0 Å². The number of sulfonamides is 1. The van der Waals surface area contributed by atoms with Crippen LogP contribution in [0.3, 0.4) is 0 Å². The molecule has 0 spiro atoms. The smallest absolute Gasteiger partial charge is 0.263 e. The first-order valence-corrected chi connectivity index (χ1v) is 11.5. The van der Waals surface area contributed by atoms with Gasteiger partial charge < -0.3 is 10.1 Å². The normalized spacial score (nSPS) is 11.0. The molecule has 1 heterocycles. The minimum atomic E-state index is -3.74. The van der Waals surface area contributed by atoms with Crippen LogP contribution in [0.5, 0.6) is 11.5 Å². The first-order chi connectivity index (χ1) is 15.0. The molecule has 0 saturated heterocycles. The zero-order valence-electron chi connectivity index (χ0n) is 16.1. The highest BCUT2D eigenvalue weighted by Gasteiger charge is 2.15. The lowest BCUT2D eigenvalue weighted by Crippen LogP contribution is -2.14. The third kappa shape index (κ3) is 5.27. The van der Waals surface area contributed by atoms with Crippen molar-refractivity contribution >= 4 is 38.1 Å². The number of carbonyl (C=O) groups excluding carboxylic acids is 1. The molecule has 0 aliphatic rings. The topological polar surface area (TPSA) is 97.4 Å². The predicted molar refractivity (Wildman–Crippen MR) is 120 cm³/mol. The Kier molecular flexibility index (Phi) is 5.96. The largest absolute Gasteiger partial charge is 0.457 e. The van der Waals surface area contributed by atoms with Gasteiger partial charge in [0.1, 0.15) is 11.5 Å². The molecule has 9 heteroatoms. The number of thiazole rings is 1. The van der Waals surface area contributed by atoms with Gasteiger partial charge in [-0.1, -0.05) is 18.2 Å². The molecular weight excluding hydrogens is 434 g/mol. The highest BCUT2D eigenvalue weighted by Crippen LogP contribution is 2.22. The van der Waals surface area contributed by atoms with E-state index in [1.165, 1.54) is 41.8 Å². The van der Waals surface area contributed by atoms with E-state index in [2.05, 4.69) is 15.0 Å². The second-order valence-corrected chi connectivity index (χ2v) is 8.94. The van der Waals surface area contributed by atoms with Crippen molar-refractivity contribution in [3.05, 3.63) is 96.0 Å². The predicted octanol–water partition coefficient (Wildman–Crippen LogP) is 4.99. The Hall–Kier alpha value is -3.69. The van der Waals surface area contributed by atoms with Crippen molar-refractivity contribution in [2.24, 2.45) is 0 Å². The van der Waals surface area contributed by atoms with E-state index < -0.39 is 10.0 Å². The minimum absolute atomic E-state index is 0.0723. The van der Waals surface area contributed by atoms with Crippen molar-refractivity contribution in [3.8, 4) is 11.5 Å². The average Bonchev–Trinajstić information content (AvgIpc) is 3.28. The molecule has 1 aromatic heterocycles. The molecular formula is C22H17N3O4S2.